The Morgan fingerprint density at radius 3 is 2.71 bits per heavy atom. The molecule has 4 heteroatoms. The quantitative estimate of drug-likeness (QED) is 0.707. The van der Waals surface area contributed by atoms with Crippen molar-refractivity contribution in [3.8, 4) is 5.75 Å². The van der Waals surface area contributed by atoms with Crippen molar-refractivity contribution < 1.29 is 9.15 Å². The fraction of sp³-hybridized carbons (Fsp3) is 0.471. The molecule has 0 spiro atoms. The van der Waals surface area contributed by atoms with E-state index in [1.54, 1.807) is 6.26 Å². The van der Waals surface area contributed by atoms with Gasteiger partial charge in [-0.05, 0) is 37.7 Å². The minimum Gasteiger partial charge on any atom is -0.493 e. The molecule has 0 radical (unpaired) electrons. The first-order valence-corrected chi connectivity index (χ1v) is 7.55. The summed E-state index contributed by atoms with van der Waals surface area (Å²) in [4.78, 5) is 6.42. The van der Waals surface area contributed by atoms with E-state index in [1.165, 1.54) is 24.8 Å². The van der Waals surface area contributed by atoms with Gasteiger partial charge in [0, 0.05) is 13.0 Å². The molecule has 0 aliphatic heterocycles. The average molecular weight is 288 g/mol. The van der Waals surface area contributed by atoms with E-state index in [0.29, 0.717) is 6.61 Å². The van der Waals surface area contributed by atoms with Gasteiger partial charge in [0.15, 0.2) is 6.39 Å². The number of rotatable bonds is 9. The molecule has 1 heterocycles. The molecule has 2 rings (SSSR count). The zero-order valence-corrected chi connectivity index (χ0v) is 12.9. The Labute approximate surface area is 126 Å². The van der Waals surface area contributed by atoms with E-state index >= 15 is 0 Å². The van der Waals surface area contributed by atoms with Crippen LogP contribution in [0.4, 0.5) is 0 Å². The van der Waals surface area contributed by atoms with E-state index in [4.69, 9.17) is 9.15 Å². The van der Waals surface area contributed by atoms with Gasteiger partial charge in [0.05, 0.1) is 12.3 Å². The standard InChI is InChI=1S/C17H24N2O2/c1-3-4-10-19(2)12-15-5-7-17(8-6-15)21-11-9-16-13-20-14-18-16/h5-8,13-14H,3-4,9-12H2,1-2H3. The van der Waals surface area contributed by atoms with Gasteiger partial charge in [-0.15, -0.1) is 0 Å². The lowest BCUT2D eigenvalue weighted by Crippen LogP contribution is -2.18. The van der Waals surface area contributed by atoms with Crippen LogP contribution in [0.2, 0.25) is 0 Å². The molecule has 1 aromatic heterocycles. The Hall–Kier alpha value is -1.81. The van der Waals surface area contributed by atoms with Crippen LogP contribution in [0.15, 0.2) is 41.3 Å². The largest absolute Gasteiger partial charge is 0.493 e. The second kappa shape index (κ2) is 8.47. The first-order chi connectivity index (χ1) is 10.3. The Bertz CT molecular complexity index is 494. The van der Waals surface area contributed by atoms with Crippen LogP contribution >= 0.6 is 0 Å². The summed E-state index contributed by atoms with van der Waals surface area (Å²) in [5.74, 6) is 0.901. The average Bonchev–Trinajstić information content (AvgIpc) is 3.00. The van der Waals surface area contributed by atoms with Crippen molar-refractivity contribution in [2.75, 3.05) is 20.2 Å². The summed E-state index contributed by atoms with van der Waals surface area (Å²) in [5.41, 5.74) is 2.24. The highest BCUT2D eigenvalue weighted by atomic mass is 16.5. The second-order valence-corrected chi connectivity index (χ2v) is 5.31. The topological polar surface area (TPSA) is 38.5 Å². The number of nitrogens with zero attached hydrogens (tertiary/aromatic N) is 2. The molecule has 0 aliphatic rings. The van der Waals surface area contributed by atoms with Crippen molar-refractivity contribution in [3.63, 3.8) is 0 Å². The van der Waals surface area contributed by atoms with E-state index in [9.17, 15) is 0 Å². The Kier molecular flexibility index (Phi) is 6.28. The molecule has 0 amide bonds. The maximum Gasteiger partial charge on any atom is 0.180 e. The van der Waals surface area contributed by atoms with Crippen LogP contribution in [0.5, 0.6) is 5.75 Å². The van der Waals surface area contributed by atoms with E-state index in [0.717, 1.165) is 31.0 Å². The van der Waals surface area contributed by atoms with E-state index in [1.807, 2.05) is 12.1 Å². The monoisotopic (exact) mass is 288 g/mol. The third-order valence-corrected chi connectivity index (χ3v) is 3.38. The number of unbranched alkanes of at least 4 members (excludes halogenated alkanes) is 1. The van der Waals surface area contributed by atoms with Gasteiger partial charge in [0.2, 0.25) is 0 Å². The predicted octanol–water partition coefficient (Wildman–Crippen LogP) is 3.53. The number of hydrogen-bond acceptors (Lipinski definition) is 4. The van der Waals surface area contributed by atoms with Gasteiger partial charge in [0.1, 0.15) is 12.0 Å². The molecule has 0 bridgehead atoms. The molecule has 2 aromatic rings. The summed E-state index contributed by atoms with van der Waals surface area (Å²) in [7, 11) is 2.16. The van der Waals surface area contributed by atoms with E-state index < -0.39 is 0 Å². The van der Waals surface area contributed by atoms with E-state index in [-0.39, 0.29) is 0 Å². The molecule has 0 aliphatic carbocycles. The van der Waals surface area contributed by atoms with Crippen molar-refractivity contribution in [2.24, 2.45) is 0 Å². The van der Waals surface area contributed by atoms with Crippen LogP contribution in [0.1, 0.15) is 31.0 Å². The van der Waals surface area contributed by atoms with E-state index in [2.05, 4.69) is 36.0 Å². The summed E-state index contributed by atoms with van der Waals surface area (Å²) in [6, 6.07) is 8.33. The number of aromatic nitrogens is 1. The molecule has 0 saturated carbocycles. The van der Waals surface area contributed by atoms with Crippen LogP contribution in [0.25, 0.3) is 0 Å². The maximum atomic E-state index is 5.71. The molecular weight excluding hydrogens is 264 g/mol. The third kappa shape index (κ3) is 5.60. The van der Waals surface area contributed by atoms with Gasteiger partial charge in [0.25, 0.3) is 0 Å². The fourth-order valence-electron chi connectivity index (χ4n) is 2.14. The summed E-state index contributed by atoms with van der Waals surface area (Å²) < 4.78 is 10.6. The van der Waals surface area contributed by atoms with Crippen LogP contribution in [-0.2, 0) is 13.0 Å². The van der Waals surface area contributed by atoms with Crippen molar-refractivity contribution in [3.05, 3.63) is 48.2 Å². The number of hydrogen-bond donors (Lipinski definition) is 0. The van der Waals surface area contributed by atoms with Crippen molar-refractivity contribution in [1.29, 1.82) is 0 Å². The molecule has 0 fully saturated rings. The Balaban J connectivity index is 1.73. The van der Waals surface area contributed by atoms with Gasteiger partial charge in [-0.1, -0.05) is 25.5 Å². The normalized spacial score (nSPS) is 11.0. The molecule has 0 atom stereocenters. The third-order valence-electron chi connectivity index (χ3n) is 3.38. The van der Waals surface area contributed by atoms with Crippen LogP contribution in [0.3, 0.4) is 0 Å². The van der Waals surface area contributed by atoms with Gasteiger partial charge in [-0.25, -0.2) is 4.98 Å². The highest BCUT2D eigenvalue weighted by Gasteiger charge is 2.01. The van der Waals surface area contributed by atoms with Gasteiger partial charge < -0.3 is 14.1 Å². The number of benzene rings is 1. The zero-order chi connectivity index (χ0) is 14.9. The van der Waals surface area contributed by atoms with Crippen molar-refractivity contribution in [1.82, 2.24) is 9.88 Å². The van der Waals surface area contributed by atoms with Crippen molar-refractivity contribution in [2.45, 2.75) is 32.7 Å². The number of oxazole rings is 1. The highest BCUT2D eigenvalue weighted by molar-refractivity contribution is 5.27. The van der Waals surface area contributed by atoms with Crippen LogP contribution in [0, 0.1) is 0 Å². The maximum absolute atomic E-state index is 5.71. The zero-order valence-electron chi connectivity index (χ0n) is 12.9. The first kappa shape index (κ1) is 15.6. The fourth-order valence-corrected chi connectivity index (χ4v) is 2.14. The highest BCUT2D eigenvalue weighted by Crippen LogP contribution is 2.14. The summed E-state index contributed by atoms with van der Waals surface area (Å²) in [6.07, 6.45) is 6.35. The van der Waals surface area contributed by atoms with Gasteiger partial charge >= 0.3 is 0 Å². The lowest BCUT2D eigenvalue weighted by molar-refractivity contribution is 0.315. The lowest BCUT2D eigenvalue weighted by Gasteiger charge is -2.16. The Morgan fingerprint density at radius 1 is 1.24 bits per heavy atom. The van der Waals surface area contributed by atoms with Gasteiger partial charge in [-0.2, -0.15) is 0 Å². The van der Waals surface area contributed by atoms with Gasteiger partial charge in [-0.3, -0.25) is 0 Å². The van der Waals surface area contributed by atoms with Crippen molar-refractivity contribution >= 4 is 0 Å². The second-order valence-electron chi connectivity index (χ2n) is 5.31. The molecular formula is C17H24N2O2. The molecule has 1 aromatic carbocycles. The predicted molar refractivity (Wildman–Crippen MR) is 83.4 cm³/mol. The first-order valence-electron chi connectivity index (χ1n) is 7.55. The molecule has 21 heavy (non-hydrogen) atoms. The molecule has 0 N–H and O–H groups in total. The summed E-state index contributed by atoms with van der Waals surface area (Å²) in [6.45, 7) is 4.97. The minimum atomic E-state index is 0.613. The smallest absolute Gasteiger partial charge is 0.180 e. The molecule has 114 valence electrons. The van der Waals surface area contributed by atoms with Crippen LogP contribution in [-0.4, -0.2) is 30.1 Å². The molecule has 4 nitrogen and oxygen atoms in total. The summed E-state index contributed by atoms with van der Waals surface area (Å²) >= 11 is 0. The van der Waals surface area contributed by atoms with Crippen LogP contribution < -0.4 is 4.74 Å². The Morgan fingerprint density at radius 2 is 2.05 bits per heavy atom. The molecule has 0 unspecified atom stereocenters. The SMILES string of the molecule is CCCCN(C)Cc1ccc(OCCc2cocn2)cc1. The minimum absolute atomic E-state index is 0.613. The summed E-state index contributed by atoms with van der Waals surface area (Å²) in [5, 5.41) is 0. The lowest BCUT2D eigenvalue weighted by atomic mass is 10.2. The number of ether oxygens (including phenoxy) is 1. The molecule has 0 saturated heterocycles.